The van der Waals surface area contributed by atoms with Crippen LogP contribution in [0, 0.1) is 5.92 Å². The lowest BCUT2D eigenvalue weighted by molar-refractivity contribution is 0.0665. The number of carbonyl (C=O) groups excluding carboxylic acids is 1. The molecule has 152 valence electrons. The predicted molar refractivity (Wildman–Crippen MR) is 99.0 cm³/mol. The number of halogens is 2. The van der Waals surface area contributed by atoms with Gasteiger partial charge in [0.25, 0.3) is 18.1 Å². The van der Waals surface area contributed by atoms with Crippen molar-refractivity contribution in [1.82, 2.24) is 29.5 Å². The second-order valence-corrected chi connectivity index (χ2v) is 7.09. The summed E-state index contributed by atoms with van der Waals surface area (Å²) in [7, 11) is 1.51. The van der Waals surface area contributed by atoms with Crippen molar-refractivity contribution in [3.63, 3.8) is 0 Å². The molecule has 4 heterocycles. The van der Waals surface area contributed by atoms with Crippen molar-refractivity contribution >= 4 is 11.7 Å². The fourth-order valence-corrected chi connectivity index (χ4v) is 3.68. The summed E-state index contributed by atoms with van der Waals surface area (Å²) in [5.41, 5.74) is 0.698. The molecule has 0 bridgehead atoms. The number of rotatable bonds is 4. The van der Waals surface area contributed by atoms with Gasteiger partial charge >= 0.3 is 0 Å². The number of nitrogens with zero attached hydrogens (tertiary/aromatic N) is 6. The lowest BCUT2D eigenvalue weighted by Gasteiger charge is -2.37. The quantitative estimate of drug-likeness (QED) is 0.667. The van der Waals surface area contributed by atoms with Gasteiger partial charge in [0.15, 0.2) is 0 Å². The Morgan fingerprint density at radius 1 is 1.31 bits per heavy atom. The molecule has 0 spiro atoms. The van der Waals surface area contributed by atoms with Gasteiger partial charge in [-0.3, -0.25) is 4.79 Å². The summed E-state index contributed by atoms with van der Waals surface area (Å²) in [5, 5.41) is 4.15. The van der Waals surface area contributed by atoms with E-state index in [9.17, 15) is 13.6 Å². The van der Waals surface area contributed by atoms with Crippen LogP contribution < -0.4 is 4.74 Å². The molecule has 0 N–H and O–H groups in total. The van der Waals surface area contributed by atoms with Crippen LogP contribution in [0.15, 0.2) is 30.7 Å². The largest absolute Gasteiger partial charge is 0.481 e. The highest BCUT2D eigenvalue weighted by atomic mass is 19.3. The normalized spacial score (nSPS) is 19.7. The minimum atomic E-state index is -2.71. The zero-order chi connectivity index (χ0) is 20.5. The minimum absolute atomic E-state index is 0.132. The number of carbonyl (C=O) groups is 1. The minimum Gasteiger partial charge on any atom is -0.481 e. The van der Waals surface area contributed by atoms with E-state index in [4.69, 9.17) is 4.74 Å². The van der Waals surface area contributed by atoms with Gasteiger partial charge in [-0.15, -0.1) is 0 Å². The van der Waals surface area contributed by atoms with E-state index in [-0.39, 0.29) is 29.2 Å². The first-order valence-corrected chi connectivity index (χ1v) is 9.26. The summed E-state index contributed by atoms with van der Waals surface area (Å²) >= 11 is 0. The van der Waals surface area contributed by atoms with Crippen LogP contribution in [-0.2, 0) is 0 Å². The van der Waals surface area contributed by atoms with Gasteiger partial charge in [0.2, 0.25) is 5.88 Å². The third kappa shape index (κ3) is 3.62. The number of ether oxygens (including phenoxy) is 1. The van der Waals surface area contributed by atoms with E-state index in [1.165, 1.54) is 30.2 Å². The molecule has 3 aromatic heterocycles. The number of hydrogen-bond donors (Lipinski definition) is 0. The fourth-order valence-electron chi connectivity index (χ4n) is 3.68. The number of amides is 1. The number of pyridine rings is 1. The lowest BCUT2D eigenvalue weighted by Crippen LogP contribution is -2.42. The lowest BCUT2D eigenvalue weighted by atomic mass is 9.84. The van der Waals surface area contributed by atoms with Crippen molar-refractivity contribution in [2.75, 3.05) is 20.2 Å². The van der Waals surface area contributed by atoms with Crippen LogP contribution in [0.1, 0.15) is 47.4 Å². The van der Waals surface area contributed by atoms with Gasteiger partial charge < -0.3 is 9.64 Å². The molecule has 0 radical (unpaired) electrons. The first-order chi connectivity index (χ1) is 14.0. The molecule has 1 aliphatic heterocycles. The molecule has 0 aromatic carbocycles. The van der Waals surface area contributed by atoms with Gasteiger partial charge in [-0.1, -0.05) is 6.92 Å². The van der Waals surface area contributed by atoms with Crippen molar-refractivity contribution in [2.45, 2.75) is 25.7 Å². The summed E-state index contributed by atoms with van der Waals surface area (Å²) in [4.78, 5) is 26.6. The van der Waals surface area contributed by atoms with Crippen LogP contribution in [0.3, 0.4) is 0 Å². The Bertz CT molecular complexity index is 1020. The Labute approximate surface area is 165 Å². The Kier molecular flexibility index (Phi) is 5.08. The number of aromatic nitrogens is 5. The Morgan fingerprint density at radius 3 is 2.83 bits per heavy atom. The van der Waals surface area contributed by atoms with E-state index in [0.29, 0.717) is 30.2 Å². The number of piperidine rings is 1. The zero-order valence-corrected chi connectivity index (χ0v) is 16.0. The summed E-state index contributed by atoms with van der Waals surface area (Å²) in [6.07, 6.45) is 0.797. The van der Waals surface area contributed by atoms with Crippen LogP contribution in [0.2, 0.25) is 0 Å². The van der Waals surface area contributed by atoms with Crippen molar-refractivity contribution in [2.24, 2.45) is 5.92 Å². The number of methoxy groups -OCH3 is 1. The molecule has 1 fully saturated rings. The summed E-state index contributed by atoms with van der Waals surface area (Å²) < 4.78 is 33.2. The Morgan fingerprint density at radius 2 is 2.14 bits per heavy atom. The molecular formula is C19H20F2N6O2. The highest BCUT2D eigenvalue weighted by molar-refractivity contribution is 5.94. The summed E-state index contributed by atoms with van der Waals surface area (Å²) in [5.74, 6) is 0.399. The molecule has 3 aromatic rings. The molecule has 8 nitrogen and oxygen atoms in total. The van der Waals surface area contributed by atoms with E-state index in [1.54, 1.807) is 17.0 Å². The molecule has 1 aliphatic rings. The second kappa shape index (κ2) is 7.69. The topological polar surface area (TPSA) is 85.5 Å². The first-order valence-electron chi connectivity index (χ1n) is 9.26. The molecule has 0 aliphatic carbocycles. The molecule has 1 saturated heterocycles. The van der Waals surface area contributed by atoms with E-state index < -0.39 is 6.43 Å². The van der Waals surface area contributed by atoms with Crippen LogP contribution in [-0.4, -0.2) is 55.6 Å². The molecule has 1 unspecified atom stereocenters. The predicted octanol–water partition coefficient (Wildman–Crippen LogP) is 2.73. The third-order valence-corrected chi connectivity index (χ3v) is 5.34. The monoisotopic (exact) mass is 402 g/mol. The number of alkyl halides is 2. The molecule has 0 saturated carbocycles. The van der Waals surface area contributed by atoms with Crippen molar-refractivity contribution < 1.29 is 18.3 Å². The number of likely N-dealkylation sites (tertiary alicyclic amines) is 1. The highest BCUT2D eigenvalue weighted by Crippen LogP contribution is 2.34. The highest BCUT2D eigenvalue weighted by Gasteiger charge is 2.33. The fraction of sp³-hybridized carbons (Fsp3) is 0.421. The van der Waals surface area contributed by atoms with E-state index in [1.807, 2.05) is 6.92 Å². The van der Waals surface area contributed by atoms with Gasteiger partial charge in [-0.2, -0.15) is 10.1 Å². The molecule has 10 heteroatoms. The van der Waals surface area contributed by atoms with Crippen LogP contribution in [0.25, 0.3) is 5.78 Å². The third-order valence-electron chi connectivity index (χ3n) is 5.34. The molecule has 2 atom stereocenters. The van der Waals surface area contributed by atoms with Gasteiger partial charge in [-0.05, 0) is 24.5 Å². The van der Waals surface area contributed by atoms with Gasteiger partial charge in [0.1, 0.15) is 12.0 Å². The van der Waals surface area contributed by atoms with E-state index >= 15 is 0 Å². The standard InChI is InChI=1S/C19H20F2N6O2/c1-11-5-6-26(18(28)12-3-4-16(29-2)22-8-12)9-13(11)15-7-14(17(20)21)25-19-23-10-24-27(15)19/h3-4,7-8,10-11,13,17H,5-6,9H2,1-2H3/t11?,13-/m1/s1. The molecule has 4 rings (SSSR count). The summed E-state index contributed by atoms with van der Waals surface area (Å²) in [6, 6.07) is 4.67. The first kappa shape index (κ1) is 19.2. The molecule has 29 heavy (non-hydrogen) atoms. The second-order valence-electron chi connectivity index (χ2n) is 7.09. The average Bonchev–Trinajstić information content (AvgIpc) is 3.22. The number of fused-ring (bicyclic) bond motifs is 1. The van der Waals surface area contributed by atoms with E-state index in [0.717, 1.165) is 6.42 Å². The maximum atomic E-state index is 13.3. The average molecular weight is 402 g/mol. The Hall–Kier alpha value is -3.17. The van der Waals surface area contributed by atoms with Crippen molar-refractivity contribution in [3.8, 4) is 5.88 Å². The van der Waals surface area contributed by atoms with Crippen molar-refractivity contribution in [3.05, 3.63) is 47.7 Å². The van der Waals surface area contributed by atoms with Crippen LogP contribution >= 0.6 is 0 Å². The Balaban J connectivity index is 1.65. The van der Waals surface area contributed by atoms with Crippen LogP contribution in [0.5, 0.6) is 5.88 Å². The van der Waals surface area contributed by atoms with Gasteiger partial charge in [-0.25, -0.2) is 23.3 Å². The maximum absolute atomic E-state index is 13.3. The smallest absolute Gasteiger partial charge is 0.280 e. The molecular weight excluding hydrogens is 382 g/mol. The van der Waals surface area contributed by atoms with E-state index in [2.05, 4.69) is 20.1 Å². The van der Waals surface area contributed by atoms with Gasteiger partial charge in [0, 0.05) is 31.3 Å². The zero-order valence-electron chi connectivity index (χ0n) is 16.0. The number of hydrogen-bond acceptors (Lipinski definition) is 6. The maximum Gasteiger partial charge on any atom is 0.280 e. The van der Waals surface area contributed by atoms with Crippen LogP contribution in [0.4, 0.5) is 8.78 Å². The molecule has 1 amide bonds. The van der Waals surface area contributed by atoms with Gasteiger partial charge in [0.05, 0.1) is 18.4 Å². The SMILES string of the molecule is COc1ccc(C(=O)N2CCC(C)[C@H](c3cc(C(F)F)nc4ncnn34)C2)cn1. The van der Waals surface area contributed by atoms with Crippen molar-refractivity contribution in [1.29, 1.82) is 0 Å². The summed E-state index contributed by atoms with van der Waals surface area (Å²) in [6.45, 7) is 3.01.